The van der Waals surface area contributed by atoms with E-state index in [1.54, 1.807) is 6.20 Å². The SMILES string of the molecule is O=C(Cc1ccccc1)Nc1ccc(Nc2ccc(Oc3ccccc3)cc2)nc1. The summed E-state index contributed by atoms with van der Waals surface area (Å²) in [6.07, 6.45) is 1.97. The highest BCUT2D eigenvalue weighted by Crippen LogP contribution is 2.24. The van der Waals surface area contributed by atoms with E-state index in [4.69, 9.17) is 4.74 Å². The van der Waals surface area contributed by atoms with Gasteiger partial charge in [0.05, 0.1) is 18.3 Å². The second-order valence-corrected chi connectivity index (χ2v) is 6.71. The minimum Gasteiger partial charge on any atom is -0.457 e. The minimum absolute atomic E-state index is 0.0716. The largest absolute Gasteiger partial charge is 0.457 e. The van der Waals surface area contributed by atoms with Crippen LogP contribution in [-0.2, 0) is 11.2 Å². The maximum atomic E-state index is 12.2. The Labute approximate surface area is 175 Å². The topological polar surface area (TPSA) is 63.2 Å². The first-order valence-electron chi connectivity index (χ1n) is 9.64. The van der Waals surface area contributed by atoms with Gasteiger partial charge in [0.15, 0.2) is 0 Å². The fraction of sp³-hybridized carbons (Fsp3) is 0.0400. The van der Waals surface area contributed by atoms with Crippen molar-refractivity contribution in [2.24, 2.45) is 0 Å². The number of nitrogens with zero attached hydrogens (tertiary/aromatic N) is 1. The van der Waals surface area contributed by atoms with Crippen molar-refractivity contribution >= 4 is 23.1 Å². The van der Waals surface area contributed by atoms with E-state index in [9.17, 15) is 4.79 Å². The Morgan fingerprint density at radius 3 is 2.03 bits per heavy atom. The third-order valence-corrected chi connectivity index (χ3v) is 4.36. The van der Waals surface area contributed by atoms with E-state index in [1.807, 2.05) is 97.1 Å². The number of nitrogens with one attached hydrogen (secondary N) is 2. The third-order valence-electron chi connectivity index (χ3n) is 4.36. The zero-order valence-corrected chi connectivity index (χ0v) is 16.3. The number of benzene rings is 3. The maximum absolute atomic E-state index is 12.2. The highest BCUT2D eigenvalue weighted by molar-refractivity contribution is 5.92. The summed E-state index contributed by atoms with van der Waals surface area (Å²) in [6.45, 7) is 0. The number of amides is 1. The zero-order chi connectivity index (χ0) is 20.6. The number of carbonyl (C=O) groups is 1. The standard InChI is InChI=1S/C25H21N3O2/c29-25(17-19-7-3-1-4-8-19)28-21-13-16-24(26-18-21)27-20-11-14-23(15-12-20)30-22-9-5-2-6-10-22/h1-16,18H,17H2,(H,26,27)(H,28,29). The van der Waals surface area contributed by atoms with E-state index >= 15 is 0 Å². The van der Waals surface area contributed by atoms with Gasteiger partial charge in [-0.1, -0.05) is 48.5 Å². The maximum Gasteiger partial charge on any atom is 0.228 e. The van der Waals surface area contributed by atoms with Crippen LogP contribution >= 0.6 is 0 Å². The molecule has 1 aromatic heterocycles. The monoisotopic (exact) mass is 395 g/mol. The van der Waals surface area contributed by atoms with Gasteiger partial charge in [0, 0.05) is 5.69 Å². The molecule has 148 valence electrons. The Bertz CT molecular complexity index is 1080. The number of aromatic nitrogens is 1. The lowest BCUT2D eigenvalue weighted by Crippen LogP contribution is -2.14. The number of ether oxygens (including phenoxy) is 1. The average molecular weight is 395 g/mol. The van der Waals surface area contributed by atoms with Crippen LogP contribution in [0.2, 0.25) is 0 Å². The van der Waals surface area contributed by atoms with Crippen LogP contribution in [0.5, 0.6) is 11.5 Å². The van der Waals surface area contributed by atoms with Crippen molar-refractivity contribution < 1.29 is 9.53 Å². The van der Waals surface area contributed by atoms with Gasteiger partial charge in [-0.3, -0.25) is 4.79 Å². The van der Waals surface area contributed by atoms with E-state index in [2.05, 4.69) is 15.6 Å². The van der Waals surface area contributed by atoms with Crippen molar-refractivity contribution in [1.29, 1.82) is 0 Å². The van der Waals surface area contributed by atoms with Crippen molar-refractivity contribution in [1.82, 2.24) is 4.98 Å². The number of anilines is 3. The Kier molecular flexibility index (Phi) is 6.01. The smallest absolute Gasteiger partial charge is 0.228 e. The second kappa shape index (κ2) is 9.39. The molecule has 4 aromatic rings. The predicted octanol–water partition coefficient (Wildman–Crippen LogP) is 5.80. The molecule has 0 unspecified atom stereocenters. The van der Waals surface area contributed by atoms with Crippen molar-refractivity contribution in [2.45, 2.75) is 6.42 Å². The third kappa shape index (κ3) is 5.45. The van der Waals surface area contributed by atoms with Crippen LogP contribution in [0, 0.1) is 0 Å². The molecule has 0 saturated carbocycles. The highest BCUT2D eigenvalue weighted by atomic mass is 16.5. The average Bonchev–Trinajstić information content (AvgIpc) is 2.78. The first-order valence-corrected chi connectivity index (χ1v) is 9.64. The summed E-state index contributed by atoms with van der Waals surface area (Å²) in [5.41, 5.74) is 2.53. The van der Waals surface area contributed by atoms with Crippen LogP contribution in [0.4, 0.5) is 17.2 Å². The quantitative estimate of drug-likeness (QED) is 0.415. The summed E-state index contributed by atoms with van der Waals surface area (Å²) < 4.78 is 5.80. The Balaban J connectivity index is 1.31. The van der Waals surface area contributed by atoms with Crippen molar-refractivity contribution in [3.63, 3.8) is 0 Å². The van der Waals surface area contributed by atoms with E-state index in [0.717, 1.165) is 22.7 Å². The molecule has 1 amide bonds. The Hall–Kier alpha value is -4.12. The molecule has 1 heterocycles. The number of hydrogen-bond donors (Lipinski definition) is 2. The number of hydrogen-bond acceptors (Lipinski definition) is 4. The first-order chi connectivity index (χ1) is 14.7. The van der Waals surface area contributed by atoms with E-state index < -0.39 is 0 Å². The summed E-state index contributed by atoms with van der Waals surface area (Å²) in [5, 5.41) is 6.10. The van der Waals surface area contributed by atoms with Gasteiger partial charge in [0.25, 0.3) is 0 Å². The molecule has 4 rings (SSSR count). The summed E-state index contributed by atoms with van der Waals surface area (Å²) in [6, 6.07) is 30.6. The molecule has 5 nitrogen and oxygen atoms in total. The molecular formula is C25H21N3O2. The molecule has 2 N–H and O–H groups in total. The summed E-state index contributed by atoms with van der Waals surface area (Å²) in [7, 11) is 0. The molecule has 3 aromatic carbocycles. The summed E-state index contributed by atoms with van der Waals surface area (Å²) in [4.78, 5) is 16.5. The predicted molar refractivity (Wildman–Crippen MR) is 119 cm³/mol. The Morgan fingerprint density at radius 2 is 1.37 bits per heavy atom. The molecule has 0 aliphatic rings. The second-order valence-electron chi connectivity index (χ2n) is 6.71. The van der Waals surface area contributed by atoms with Gasteiger partial charge in [-0.25, -0.2) is 4.98 Å². The minimum atomic E-state index is -0.0716. The van der Waals surface area contributed by atoms with Crippen LogP contribution in [0.25, 0.3) is 0 Å². The lowest BCUT2D eigenvalue weighted by molar-refractivity contribution is -0.115. The van der Waals surface area contributed by atoms with Crippen LogP contribution in [0.1, 0.15) is 5.56 Å². The molecule has 30 heavy (non-hydrogen) atoms. The van der Waals surface area contributed by atoms with Gasteiger partial charge in [0.2, 0.25) is 5.91 Å². The van der Waals surface area contributed by atoms with Gasteiger partial charge in [-0.2, -0.15) is 0 Å². The number of rotatable bonds is 7. The van der Waals surface area contributed by atoms with Gasteiger partial charge in [-0.15, -0.1) is 0 Å². The van der Waals surface area contributed by atoms with E-state index in [-0.39, 0.29) is 5.91 Å². The molecule has 0 radical (unpaired) electrons. The lowest BCUT2D eigenvalue weighted by Gasteiger charge is -2.09. The van der Waals surface area contributed by atoms with Crippen LogP contribution in [0.3, 0.4) is 0 Å². The van der Waals surface area contributed by atoms with Crippen molar-refractivity contribution in [3.05, 3.63) is 109 Å². The molecule has 0 bridgehead atoms. The van der Waals surface area contributed by atoms with Crippen molar-refractivity contribution in [2.75, 3.05) is 10.6 Å². The fourth-order valence-electron chi connectivity index (χ4n) is 2.91. The highest BCUT2D eigenvalue weighted by Gasteiger charge is 2.05. The van der Waals surface area contributed by atoms with Gasteiger partial charge in [0.1, 0.15) is 17.3 Å². The summed E-state index contributed by atoms with van der Waals surface area (Å²) in [5.74, 6) is 2.17. The number of pyridine rings is 1. The molecular weight excluding hydrogens is 374 g/mol. The molecule has 5 heteroatoms. The molecule has 0 fully saturated rings. The van der Waals surface area contributed by atoms with Gasteiger partial charge in [-0.05, 0) is 54.1 Å². The van der Waals surface area contributed by atoms with Crippen LogP contribution < -0.4 is 15.4 Å². The van der Waals surface area contributed by atoms with E-state index in [0.29, 0.717) is 17.9 Å². The van der Waals surface area contributed by atoms with Gasteiger partial charge >= 0.3 is 0 Å². The molecule has 0 aliphatic carbocycles. The van der Waals surface area contributed by atoms with Crippen LogP contribution in [-0.4, -0.2) is 10.9 Å². The molecule has 0 saturated heterocycles. The van der Waals surface area contributed by atoms with Crippen LogP contribution in [0.15, 0.2) is 103 Å². The normalized spacial score (nSPS) is 10.3. The molecule has 0 atom stereocenters. The molecule has 0 aliphatic heterocycles. The molecule has 0 spiro atoms. The number of para-hydroxylation sites is 1. The first kappa shape index (κ1) is 19.2. The Morgan fingerprint density at radius 1 is 0.733 bits per heavy atom. The van der Waals surface area contributed by atoms with E-state index in [1.165, 1.54) is 0 Å². The van der Waals surface area contributed by atoms with Crippen molar-refractivity contribution in [3.8, 4) is 11.5 Å². The lowest BCUT2D eigenvalue weighted by atomic mass is 10.1. The number of carbonyl (C=O) groups excluding carboxylic acids is 1. The fourth-order valence-corrected chi connectivity index (χ4v) is 2.91. The zero-order valence-electron chi connectivity index (χ0n) is 16.3. The van der Waals surface area contributed by atoms with Gasteiger partial charge < -0.3 is 15.4 Å². The summed E-state index contributed by atoms with van der Waals surface area (Å²) >= 11 is 0.